The van der Waals surface area contributed by atoms with Crippen molar-refractivity contribution in [2.45, 2.75) is 44.5 Å². The molecule has 2 fully saturated rings. The van der Waals surface area contributed by atoms with Gasteiger partial charge < -0.3 is 38.2 Å². The van der Waals surface area contributed by atoms with Crippen molar-refractivity contribution in [1.82, 2.24) is 14.5 Å². The Bertz CT molecular complexity index is 978. The number of likely N-dealkylation sites (tertiary alicyclic amines) is 1. The van der Waals surface area contributed by atoms with E-state index in [9.17, 15) is 9.59 Å². The van der Waals surface area contributed by atoms with Crippen molar-refractivity contribution in [2.24, 2.45) is 0 Å². The number of nitrogens with zero attached hydrogens (tertiary/aromatic N) is 3. The molecule has 2 aliphatic rings. The summed E-state index contributed by atoms with van der Waals surface area (Å²) in [4.78, 5) is 28.7. The van der Waals surface area contributed by atoms with Gasteiger partial charge in [-0.2, -0.15) is 6.08 Å². The summed E-state index contributed by atoms with van der Waals surface area (Å²) in [5.41, 5.74) is 0.969. The molecule has 172 valence electrons. The number of anilines is 1. The summed E-state index contributed by atoms with van der Waals surface area (Å²) < 4.78 is 7.17. The molecule has 2 bridgehead atoms. The predicted octanol–water partition coefficient (Wildman–Crippen LogP) is 0.884. The number of aromatic nitrogens is 2. The number of imidazole rings is 1. The second-order valence-electron chi connectivity index (χ2n) is 7.97. The maximum Gasteiger partial charge on any atom is 1.00 e. The van der Waals surface area contributed by atoms with Gasteiger partial charge in [-0.3, -0.25) is 9.78 Å². The number of carbonyl (C=O) groups excluding carboxylic acids is 2. The topological polar surface area (TPSA) is 76.5 Å². The van der Waals surface area contributed by atoms with Crippen LogP contribution < -0.4 is 24.2 Å². The van der Waals surface area contributed by atoms with Crippen LogP contribution in [0.25, 0.3) is 0 Å². The molecule has 4 atom stereocenters. The molecule has 0 spiro atoms. The summed E-state index contributed by atoms with van der Waals surface area (Å²) in [7, 11) is 0. The number of morpholine rings is 1. The van der Waals surface area contributed by atoms with Crippen molar-refractivity contribution < 1.29 is 33.2 Å². The second kappa shape index (κ2) is 12.5. The Labute approximate surface area is 212 Å². The van der Waals surface area contributed by atoms with Crippen molar-refractivity contribution in [3.05, 3.63) is 73.0 Å². The number of nitrogens with one attached hydrogen (secondary N) is 1. The Morgan fingerprint density at radius 3 is 2.70 bits per heavy atom. The van der Waals surface area contributed by atoms with Crippen LogP contribution in [0.3, 0.4) is 0 Å². The van der Waals surface area contributed by atoms with Crippen molar-refractivity contribution >= 4 is 29.5 Å². The molecule has 9 heteroatoms. The minimum atomic E-state index is -0.286. The van der Waals surface area contributed by atoms with Crippen molar-refractivity contribution in [3.8, 4) is 0 Å². The number of para-hydroxylation sites is 1. The summed E-state index contributed by atoms with van der Waals surface area (Å²) >= 11 is 6.00. The van der Waals surface area contributed by atoms with E-state index in [-0.39, 0.29) is 30.8 Å². The molecule has 2 aromatic rings. The van der Waals surface area contributed by atoms with Gasteiger partial charge in [0.25, 0.3) is 5.91 Å². The number of ether oxygens (including phenoxy) is 1. The molecule has 7 nitrogen and oxygen atoms in total. The molecular weight excluding hydrogens is 435 g/mol. The average molecular weight is 463 g/mol. The van der Waals surface area contributed by atoms with E-state index < -0.39 is 0 Å². The number of rotatable bonds is 6. The molecule has 0 aliphatic carbocycles. The number of hydrogen-bond donors (Lipinski definition) is 1. The molecule has 0 radical (unpaired) electrons. The SMILES string of the molecule is C[C@@H](/C=C/[C-]=O)N1CC2CC1CO2.[CH2-]c1ncc(C(=O)Nc2ccccc2Cl)n1[C@@H]([CH2-])C.[Li+]. The van der Waals surface area contributed by atoms with Crippen LogP contribution in [-0.4, -0.2) is 58.0 Å². The zero-order valence-corrected chi connectivity index (χ0v) is 20.1. The molecule has 1 amide bonds. The number of amides is 1. The third-order valence-electron chi connectivity index (χ3n) is 5.58. The van der Waals surface area contributed by atoms with E-state index >= 15 is 0 Å². The number of halogens is 1. The Morgan fingerprint density at radius 2 is 2.12 bits per heavy atom. The van der Waals surface area contributed by atoms with E-state index in [2.05, 4.69) is 36.0 Å². The van der Waals surface area contributed by atoms with Gasteiger partial charge >= 0.3 is 18.9 Å². The largest absolute Gasteiger partial charge is 1.00 e. The first kappa shape index (κ1) is 27.2. The van der Waals surface area contributed by atoms with E-state index in [4.69, 9.17) is 16.3 Å². The van der Waals surface area contributed by atoms with Gasteiger partial charge in [0.15, 0.2) is 0 Å². The quantitative estimate of drug-likeness (QED) is 0.392. The maximum atomic E-state index is 12.2. The second-order valence-corrected chi connectivity index (χ2v) is 8.38. The number of benzene rings is 1. The molecule has 2 aliphatic heterocycles. The van der Waals surface area contributed by atoms with Crippen LogP contribution in [0.4, 0.5) is 5.69 Å². The molecule has 1 aromatic carbocycles. The van der Waals surface area contributed by atoms with E-state index in [1.807, 2.05) is 13.0 Å². The standard InChI is InChI=1S/C14H14ClN3O.C10H14NO2.Li/c1-9(2)18-10(3)16-8-13(18)14(19)17-12-7-5-4-6-11(12)15;1-8(3-2-4-12)11-6-10-5-9(11)7-13-10;/h4-9H,1,3H2,2H3,(H,17,19);2-3,8-10H,5-7H2,1H3;/q-2;-1;+1/b;3-2+;/t9-;8-,9?,10?;/m00./s1. The Morgan fingerprint density at radius 1 is 1.39 bits per heavy atom. The molecular formula is C24H28ClLiN4O3-2. The number of hydrogen-bond acceptors (Lipinski definition) is 5. The third kappa shape index (κ3) is 6.75. The first-order valence-corrected chi connectivity index (χ1v) is 10.9. The maximum absolute atomic E-state index is 12.2. The van der Waals surface area contributed by atoms with Gasteiger partial charge in [-0.25, -0.2) is 6.08 Å². The minimum Gasteiger partial charge on any atom is -0.419 e. The number of carbonyl (C=O) groups is 1. The summed E-state index contributed by atoms with van der Waals surface area (Å²) in [5, 5.41) is 3.23. The average Bonchev–Trinajstić information content (AvgIpc) is 3.49. The molecule has 3 heterocycles. The molecule has 0 saturated carbocycles. The molecule has 1 aromatic heterocycles. The minimum absolute atomic E-state index is 0. The fourth-order valence-electron chi connectivity index (χ4n) is 4.03. The van der Waals surface area contributed by atoms with Crippen LogP contribution in [0.15, 0.2) is 42.6 Å². The summed E-state index contributed by atoms with van der Waals surface area (Å²) in [6, 6.07) is 7.81. The Hall–Kier alpha value is -2.01. The van der Waals surface area contributed by atoms with Gasteiger partial charge in [0.1, 0.15) is 5.69 Å². The smallest absolute Gasteiger partial charge is 0.419 e. The van der Waals surface area contributed by atoms with Gasteiger partial charge in [0.05, 0.1) is 29.6 Å². The van der Waals surface area contributed by atoms with Crippen LogP contribution in [0.1, 0.15) is 42.6 Å². The molecule has 2 saturated heterocycles. The molecule has 2 unspecified atom stereocenters. The van der Waals surface area contributed by atoms with Crippen LogP contribution in [0.2, 0.25) is 5.02 Å². The molecule has 1 N–H and O–H groups in total. The van der Waals surface area contributed by atoms with Crippen molar-refractivity contribution in [1.29, 1.82) is 0 Å². The summed E-state index contributed by atoms with van der Waals surface area (Å²) in [6.45, 7) is 13.5. The fourth-order valence-corrected chi connectivity index (χ4v) is 4.21. The molecule has 4 rings (SSSR count). The Balaban J connectivity index is 0.000000241. The van der Waals surface area contributed by atoms with Gasteiger partial charge in [0.2, 0.25) is 0 Å². The summed E-state index contributed by atoms with van der Waals surface area (Å²) in [5.74, 6) is 0.220. The third-order valence-corrected chi connectivity index (χ3v) is 5.91. The van der Waals surface area contributed by atoms with E-state index in [0.29, 0.717) is 40.4 Å². The van der Waals surface area contributed by atoms with E-state index in [1.165, 1.54) is 12.3 Å². The fraction of sp³-hybridized carbons (Fsp3) is 0.375. The normalized spacial score (nSPS) is 21.1. The first-order valence-electron chi connectivity index (χ1n) is 10.5. The Kier molecular flexibility index (Phi) is 10.3. The van der Waals surface area contributed by atoms with Crippen molar-refractivity contribution in [2.75, 3.05) is 18.5 Å². The monoisotopic (exact) mass is 462 g/mol. The zero-order chi connectivity index (χ0) is 23.3. The van der Waals surface area contributed by atoms with Crippen molar-refractivity contribution in [3.63, 3.8) is 0 Å². The number of allylic oxidation sites excluding steroid dienone is 1. The van der Waals surface area contributed by atoms with Crippen LogP contribution in [-0.2, 0) is 9.53 Å². The van der Waals surface area contributed by atoms with Crippen LogP contribution in [0.5, 0.6) is 0 Å². The van der Waals surface area contributed by atoms with Gasteiger partial charge in [-0.15, -0.1) is 0 Å². The summed E-state index contributed by atoms with van der Waals surface area (Å²) in [6.07, 6.45) is 8.20. The predicted molar refractivity (Wildman–Crippen MR) is 125 cm³/mol. The van der Waals surface area contributed by atoms with Gasteiger partial charge in [-0.05, 0) is 36.7 Å². The van der Waals surface area contributed by atoms with E-state index in [1.54, 1.807) is 35.1 Å². The van der Waals surface area contributed by atoms with Crippen LogP contribution >= 0.6 is 11.6 Å². The molecule has 33 heavy (non-hydrogen) atoms. The number of fused-ring (bicyclic) bond motifs is 2. The van der Waals surface area contributed by atoms with E-state index in [0.717, 1.165) is 19.6 Å². The van der Waals surface area contributed by atoms with Gasteiger partial charge in [-0.1, -0.05) is 43.6 Å². The van der Waals surface area contributed by atoms with Crippen LogP contribution in [0, 0.1) is 13.8 Å². The first-order chi connectivity index (χ1) is 15.3. The zero-order valence-electron chi connectivity index (χ0n) is 19.3. The van der Waals surface area contributed by atoms with Gasteiger partial charge in [0, 0.05) is 12.6 Å².